The first kappa shape index (κ1) is 27.4. The third-order valence-electron chi connectivity index (χ3n) is 6.46. The lowest BCUT2D eigenvalue weighted by Gasteiger charge is -2.36. The number of hydrogen-bond acceptors (Lipinski definition) is 4. The predicted molar refractivity (Wildman–Crippen MR) is 146 cm³/mol. The van der Waals surface area contributed by atoms with E-state index in [1.807, 2.05) is 54.6 Å². The number of nitrogens with one attached hydrogen (secondary N) is 1. The minimum absolute atomic E-state index is 0.0504. The summed E-state index contributed by atoms with van der Waals surface area (Å²) in [5.74, 6) is 0.743. The molecular formula is C31H40N2O3. The van der Waals surface area contributed by atoms with E-state index in [0.717, 1.165) is 67.5 Å². The van der Waals surface area contributed by atoms with Gasteiger partial charge in [-0.25, -0.2) is 0 Å². The average molecular weight is 489 g/mol. The molecule has 3 aromatic rings. The summed E-state index contributed by atoms with van der Waals surface area (Å²) in [4.78, 5) is 12.6. The van der Waals surface area contributed by atoms with Gasteiger partial charge in [0.1, 0.15) is 11.4 Å². The maximum absolute atomic E-state index is 12.6. The van der Waals surface area contributed by atoms with Crippen LogP contribution >= 0.6 is 0 Å². The van der Waals surface area contributed by atoms with Gasteiger partial charge < -0.3 is 20.5 Å². The Morgan fingerprint density at radius 2 is 1.42 bits per heavy atom. The predicted octanol–water partition coefficient (Wildman–Crippen LogP) is 6.05. The van der Waals surface area contributed by atoms with Gasteiger partial charge in [0, 0.05) is 18.7 Å². The van der Waals surface area contributed by atoms with Crippen molar-refractivity contribution in [1.82, 2.24) is 5.32 Å². The lowest BCUT2D eigenvalue weighted by Crippen LogP contribution is -2.33. The highest BCUT2D eigenvalue weighted by atomic mass is 16.5. The molecule has 3 N–H and O–H groups in total. The number of rotatable bonds is 15. The number of nitrogens with two attached hydrogens (primary N) is 1. The topological polar surface area (TPSA) is 73.6 Å². The average Bonchev–Trinajstić information content (AvgIpc) is 2.94. The number of hydrogen-bond donors (Lipinski definition) is 2. The standard InChI is InChI=1S/C31H40N2O3/c1-3-4-23-33-30(34)25-14-16-27(17-15-25)31(26-12-8-7-9-13-26,36-24-11-6-5-10-22-32)28-18-20-29(35-2)21-19-28/h7-9,12-21H,3-6,10-11,22-24,32H2,1-2H3,(H,33,34). The number of methoxy groups -OCH3 is 1. The molecule has 0 fully saturated rings. The monoisotopic (exact) mass is 488 g/mol. The molecule has 0 aliphatic carbocycles. The molecule has 0 spiro atoms. The molecule has 0 aromatic heterocycles. The quantitative estimate of drug-likeness (QED) is 0.202. The molecule has 0 bridgehead atoms. The first-order chi connectivity index (χ1) is 17.7. The number of carbonyl (C=O) groups is 1. The zero-order valence-electron chi connectivity index (χ0n) is 21.7. The van der Waals surface area contributed by atoms with Gasteiger partial charge in [0.15, 0.2) is 0 Å². The van der Waals surface area contributed by atoms with Crippen LogP contribution in [0.5, 0.6) is 5.75 Å². The van der Waals surface area contributed by atoms with Crippen LogP contribution in [-0.2, 0) is 10.3 Å². The van der Waals surface area contributed by atoms with Crippen LogP contribution in [0.2, 0.25) is 0 Å². The van der Waals surface area contributed by atoms with E-state index in [9.17, 15) is 4.79 Å². The number of carbonyl (C=O) groups excluding carboxylic acids is 1. The first-order valence-electron chi connectivity index (χ1n) is 13.1. The van der Waals surface area contributed by atoms with E-state index in [1.165, 1.54) is 0 Å². The molecule has 0 aliphatic rings. The zero-order valence-corrected chi connectivity index (χ0v) is 21.7. The second-order valence-corrected chi connectivity index (χ2v) is 9.01. The molecule has 0 radical (unpaired) electrons. The molecule has 3 rings (SSSR count). The second kappa shape index (κ2) is 14.4. The Balaban J connectivity index is 2.00. The van der Waals surface area contributed by atoms with E-state index in [1.54, 1.807) is 7.11 Å². The lowest BCUT2D eigenvalue weighted by molar-refractivity contribution is 0.0106. The Hall–Kier alpha value is -3.15. The summed E-state index contributed by atoms with van der Waals surface area (Å²) in [5.41, 5.74) is 8.51. The van der Waals surface area contributed by atoms with Gasteiger partial charge in [-0.1, -0.05) is 80.8 Å². The van der Waals surface area contributed by atoms with Crippen molar-refractivity contribution in [3.63, 3.8) is 0 Å². The molecule has 36 heavy (non-hydrogen) atoms. The van der Waals surface area contributed by atoms with Crippen LogP contribution in [-0.4, -0.2) is 32.7 Å². The molecule has 0 saturated carbocycles. The molecule has 3 aromatic carbocycles. The molecule has 1 atom stereocenters. The van der Waals surface area contributed by atoms with Crippen molar-refractivity contribution in [3.05, 3.63) is 101 Å². The highest BCUT2D eigenvalue weighted by molar-refractivity contribution is 5.94. The van der Waals surface area contributed by atoms with Crippen molar-refractivity contribution in [1.29, 1.82) is 0 Å². The number of ether oxygens (including phenoxy) is 2. The summed E-state index contributed by atoms with van der Waals surface area (Å²) in [6.07, 6.45) is 6.17. The van der Waals surface area contributed by atoms with E-state index < -0.39 is 5.60 Å². The lowest BCUT2D eigenvalue weighted by atomic mass is 9.79. The van der Waals surface area contributed by atoms with E-state index in [-0.39, 0.29) is 5.91 Å². The third-order valence-corrected chi connectivity index (χ3v) is 6.46. The third kappa shape index (κ3) is 6.96. The maximum Gasteiger partial charge on any atom is 0.251 e. The minimum atomic E-state index is -0.821. The fourth-order valence-electron chi connectivity index (χ4n) is 4.41. The Morgan fingerprint density at radius 1 is 0.806 bits per heavy atom. The molecule has 0 aliphatic heterocycles. The van der Waals surface area contributed by atoms with Crippen LogP contribution in [0.3, 0.4) is 0 Å². The summed E-state index contributed by atoms with van der Waals surface area (Å²) in [5, 5.41) is 3.00. The molecule has 5 nitrogen and oxygen atoms in total. The molecule has 1 amide bonds. The molecule has 5 heteroatoms. The van der Waals surface area contributed by atoms with Gasteiger partial charge in [0.25, 0.3) is 5.91 Å². The van der Waals surface area contributed by atoms with Gasteiger partial charge >= 0.3 is 0 Å². The molecule has 0 saturated heterocycles. The number of amides is 1. The van der Waals surface area contributed by atoms with Crippen molar-refractivity contribution in [2.45, 2.75) is 51.0 Å². The molecule has 0 heterocycles. The van der Waals surface area contributed by atoms with Gasteiger partial charge in [-0.3, -0.25) is 4.79 Å². The fourth-order valence-corrected chi connectivity index (χ4v) is 4.41. The largest absolute Gasteiger partial charge is 0.497 e. The van der Waals surface area contributed by atoms with Gasteiger partial charge in [0.05, 0.1) is 7.11 Å². The minimum Gasteiger partial charge on any atom is -0.497 e. The van der Waals surface area contributed by atoms with Crippen molar-refractivity contribution < 1.29 is 14.3 Å². The Morgan fingerprint density at radius 3 is 2.03 bits per heavy atom. The van der Waals surface area contributed by atoms with E-state index in [4.69, 9.17) is 15.2 Å². The van der Waals surface area contributed by atoms with Crippen molar-refractivity contribution in [3.8, 4) is 5.75 Å². The van der Waals surface area contributed by atoms with Crippen LogP contribution in [0, 0.1) is 0 Å². The van der Waals surface area contributed by atoms with Crippen molar-refractivity contribution >= 4 is 5.91 Å². The van der Waals surface area contributed by atoms with Gasteiger partial charge in [0.2, 0.25) is 0 Å². The van der Waals surface area contributed by atoms with E-state index in [2.05, 4.69) is 36.5 Å². The van der Waals surface area contributed by atoms with E-state index >= 15 is 0 Å². The number of benzene rings is 3. The maximum atomic E-state index is 12.6. The van der Waals surface area contributed by atoms with Crippen LogP contribution in [0.15, 0.2) is 78.9 Å². The fraction of sp³-hybridized carbons (Fsp3) is 0.387. The highest BCUT2D eigenvalue weighted by Gasteiger charge is 2.37. The molecule has 192 valence electrons. The number of unbranched alkanes of at least 4 members (excludes halogenated alkanes) is 4. The first-order valence-corrected chi connectivity index (χ1v) is 13.1. The second-order valence-electron chi connectivity index (χ2n) is 9.01. The summed E-state index contributed by atoms with van der Waals surface area (Å²) in [6.45, 7) is 4.12. The summed E-state index contributed by atoms with van der Waals surface area (Å²) >= 11 is 0. The SMILES string of the molecule is CCCCNC(=O)c1ccc(C(OCCCCCCN)(c2ccccc2)c2ccc(OC)cc2)cc1. The van der Waals surface area contributed by atoms with Crippen molar-refractivity contribution in [2.24, 2.45) is 5.73 Å². The molecule has 1 unspecified atom stereocenters. The van der Waals surface area contributed by atoms with Crippen LogP contribution in [0.1, 0.15) is 72.5 Å². The highest BCUT2D eigenvalue weighted by Crippen LogP contribution is 2.41. The van der Waals surface area contributed by atoms with Crippen molar-refractivity contribution in [2.75, 3.05) is 26.8 Å². The van der Waals surface area contributed by atoms with Gasteiger partial charge in [-0.15, -0.1) is 0 Å². The smallest absolute Gasteiger partial charge is 0.251 e. The summed E-state index contributed by atoms with van der Waals surface area (Å²) in [6, 6.07) is 26.2. The Bertz CT molecular complexity index is 1040. The summed E-state index contributed by atoms with van der Waals surface area (Å²) in [7, 11) is 1.67. The zero-order chi connectivity index (χ0) is 25.6. The Labute approximate surface area is 216 Å². The summed E-state index contributed by atoms with van der Waals surface area (Å²) < 4.78 is 12.3. The normalized spacial score (nSPS) is 12.6. The van der Waals surface area contributed by atoms with Gasteiger partial charge in [-0.2, -0.15) is 0 Å². The van der Waals surface area contributed by atoms with Gasteiger partial charge in [-0.05, 0) is 66.8 Å². The molecular weight excluding hydrogens is 448 g/mol. The van der Waals surface area contributed by atoms with Crippen LogP contribution in [0.25, 0.3) is 0 Å². The van der Waals surface area contributed by atoms with Crippen LogP contribution < -0.4 is 15.8 Å². The van der Waals surface area contributed by atoms with Crippen LogP contribution in [0.4, 0.5) is 0 Å². The van der Waals surface area contributed by atoms with E-state index in [0.29, 0.717) is 18.7 Å². The Kier molecular flexibility index (Phi) is 11.0.